The quantitative estimate of drug-likeness (QED) is 0.750. The molecule has 1 fully saturated rings. The van der Waals surface area contributed by atoms with Crippen molar-refractivity contribution in [2.24, 2.45) is 5.73 Å². The van der Waals surface area contributed by atoms with Gasteiger partial charge in [0.15, 0.2) is 0 Å². The van der Waals surface area contributed by atoms with Crippen LogP contribution in [0.4, 0.5) is 0 Å². The number of carbonyl (C=O) groups is 2. The maximum absolute atomic E-state index is 11.3. The first-order valence-corrected chi connectivity index (χ1v) is 6.85. The van der Waals surface area contributed by atoms with E-state index in [1.807, 2.05) is 24.3 Å². The molecular formula is C13H15BrN2O4. The van der Waals surface area contributed by atoms with Crippen molar-refractivity contribution in [2.75, 3.05) is 6.54 Å². The predicted molar refractivity (Wildman–Crippen MR) is 75.1 cm³/mol. The van der Waals surface area contributed by atoms with Gasteiger partial charge in [-0.25, -0.2) is 0 Å². The number of nitrogens with zero attached hydrogens (tertiary/aromatic N) is 1. The number of benzene rings is 1. The highest BCUT2D eigenvalue weighted by atomic mass is 79.9. The van der Waals surface area contributed by atoms with Gasteiger partial charge < -0.3 is 15.9 Å². The van der Waals surface area contributed by atoms with Gasteiger partial charge in [-0.1, -0.05) is 34.1 Å². The Hall–Kier alpha value is -1.44. The Balaban J connectivity index is 2.23. The minimum Gasteiger partial charge on any atom is -0.480 e. The van der Waals surface area contributed by atoms with Crippen LogP contribution < -0.4 is 5.73 Å². The Morgan fingerprint density at radius 2 is 2.05 bits per heavy atom. The number of aliphatic carboxylic acids is 2. The largest absolute Gasteiger partial charge is 0.480 e. The van der Waals surface area contributed by atoms with Gasteiger partial charge in [-0.05, 0) is 11.6 Å². The lowest BCUT2D eigenvalue weighted by atomic mass is 9.98. The number of rotatable bonds is 4. The zero-order chi connectivity index (χ0) is 14.9. The summed E-state index contributed by atoms with van der Waals surface area (Å²) in [6, 6.07) is 6.53. The summed E-state index contributed by atoms with van der Waals surface area (Å²) in [7, 11) is 0. The molecule has 0 bridgehead atoms. The molecule has 108 valence electrons. The number of nitrogens with two attached hydrogens (primary N) is 1. The van der Waals surface area contributed by atoms with Gasteiger partial charge in [0.2, 0.25) is 0 Å². The van der Waals surface area contributed by atoms with E-state index in [1.165, 1.54) is 0 Å². The third kappa shape index (κ3) is 2.84. The molecule has 2 rings (SSSR count). The van der Waals surface area contributed by atoms with Crippen LogP contribution in [-0.4, -0.2) is 45.2 Å². The SMILES string of the molecule is N[C@]1(C(=O)O)C[C@H](C(=O)O)N(Cc2ccccc2Br)C1. The van der Waals surface area contributed by atoms with Gasteiger partial charge in [0, 0.05) is 24.0 Å². The van der Waals surface area contributed by atoms with Gasteiger partial charge in [-0.2, -0.15) is 0 Å². The Morgan fingerprint density at radius 3 is 2.60 bits per heavy atom. The van der Waals surface area contributed by atoms with Crippen molar-refractivity contribution in [3.63, 3.8) is 0 Å². The van der Waals surface area contributed by atoms with E-state index < -0.39 is 23.5 Å². The zero-order valence-electron chi connectivity index (χ0n) is 10.6. The summed E-state index contributed by atoms with van der Waals surface area (Å²) >= 11 is 3.40. The number of carboxylic acid groups (broad SMARTS) is 2. The average Bonchev–Trinajstić information content (AvgIpc) is 2.71. The highest BCUT2D eigenvalue weighted by Gasteiger charge is 2.49. The van der Waals surface area contributed by atoms with Gasteiger partial charge in [-0.15, -0.1) is 0 Å². The normalized spacial score (nSPS) is 26.6. The van der Waals surface area contributed by atoms with Gasteiger partial charge >= 0.3 is 11.9 Å². The summed E-state index contributed by atoms with van der Waals surface area (Å²) in [6.07, 6.45) is -0.0951. The first-order chi connectivity index (χ1) is 9.33. The summed E-state index contributed by atoms with van der Waals surface area (Å²) in [5.41, 5.74) is 5.18. The van der Waals surface area contributed by atoms with E-state index in [2.05, 4.69) is 15.9 Å². The molecule has 4 N–H and O–H groups in total. The maximum Gasteiger partial charge on any atom is 0.325 e. The molecule has 1 aliphatic rings. The molecule has 0 unspecified atom stereocenters. The molecule has 2 atom stereocenters. The highest BCUT2D eigenvalue weighted by Crippen LogP contribution is 2.29. The van der Waals surface area contributed by atoms with Crippen molar-refractivity contribution in [3.05, 3.63) is 34.3 Å². The lowest BCUT2D eigenvalue weighted by Crippen LogP contribution is -2.50. The number of likely N-dealkylation sites (tertiary alicyclic amines) is 1. The Kier molecular flexibility index (Phi) is 4.12. The van der Waals surface area contributed by atoms with Crippen molar-refractivity contribution in [1.29, 1.82) is 0 Å². The average molecular weight is 343 g/mol. The first-order valence-electron chi connectivity index (χ1n) is 6.06. The second-order valence-electron chi connectivity index (χ2n) is 5.02. The smallest absolute Gasteiger partial charge is 0.325 e. The fourth-order valence-corrected chi connectivity index (χ4v) is 2.83. The fourth-order valence-electron chi connectivity index (χ4n) is 2.42. The molecule has 0 radical (unpaired) electrons. The Labute approximate surface area is 124 Å². The van der Waals surface area contributed by atoms with Crippen LogP contribution in [0, 0.1) is 0 Å². The van der Waals surface area contributed by atoms with E-state index in [0.717, 1.165) is 10.0 Å². The first kappa shape index (κ1) is 15.0. The minimum absolute atomic E-state index is 0.0145. The third-order valence-corrected chi connectivity index (χ3v) is 4.30. The zero-order valence-corrected chi connectivity index (χ0v) is 12.2. The van der Waals surface area contributed by atoms with Gasteiger partial charge in [0.1, 0.15) is 11.6 Å². The molecule has 1 aliphatic heterocycles. The van der Waals surface area contributed by atoms with E-state index in [1.54, 1.807) is 4.90 Å². The van der Waals surface area contributed by atoms with Crippen LogP contribution >= 0.6 is 15.9 Å². The molecular weight excluding hydrogens is 328 g/mol. The van der Waals surface area contributed by atoms with Crippen LogP contribution in [0.3, 0.4) is 0 Å². The summed E-state index contributed by atoms with van der Waals surface area (Å²) in [5.74, 6) is -2.22. The van der Waals surface area contributed by atoms with Crippen LogP contribution in [0.1, 0.15) is 12.0 Å². The standard InChI is InChI=1S/C13H15BrN2O4/c14-9-4-2-1-3-8(9)6-16-7-13(15,12(19)20)5-10(16)11(17)18/h1-4,10H,5-7,15H2,(H,17,18)(H,19,20)/t10-,13-/m1/s1. The van der Waals surface area contributed by atoms with E-state index in [-0.39, 0.29) is 13.0 Å². The molecule has 6 nitrogen and oxygen atoms in total. The lowest BCUT2D eigenvalue weighted by molar-refractivity contribution is -0.142. The molecule has 0 amide bonds. The molecule has 7 heteroatoms. The highest BCUT2D eigenvalue weighted by molar-refractivity contribution is 9.10. The molecule has 0 saturated carbocycles. The van der Waals surface area contributed by atoms with Crippen LogP contribution in [0.25, 0.3) is 0 Å². The Morgan fingerprint density at radius 1 is 1.40 bits per heavy atom. The van der Waals surface area contributed by atoms with Crippen molar-refractivity contribution < 1.29 is 19.8 Å². The second-order valence-corrected chi connectivity index (χ2v) is 5.87. The molecule has 20 heavy (non-hydrogen) atoms. The molecule has 1 aromatic rings. The summed E-state index contributed by atoms with van der Waals surface area (Å²) in [4.78, 5) is 24.1. The van der Waals surface area contributed by atoms with Crippen molar-refractivity contribution in [3.8, 4) is 0 Å². The molecule has 1 saturated heterocycles. The number of hydrogen-bond donors (Lipinski definition) is 3. The van der Waals surface area contributed by atoms with Crippen molar-refractivity contribution >= 4 is 27.9 Å². The second kappa shape index (κ2) is 5.51. The number of halogens is 1. The Bertz CT molecular complexity index is 551. The summed E-state index contributed by atoms with van der Waals surface area (Å²) < 4.78 is 0.856. The van der Waals surface area contributed by atoms with Crippen LogP contribution in [0.5, 0.6) is 0 Å². The van der Waals surface area contributed by atoms with E-state index in [4.69, 9.17) is 10.8 Å². The van der Waals surface area contributed by atoms with Crippen molar-refractivity contribution in [2.45, 2.75) is 24.5 Å². The number of hydrogen-bond acceptors (Lipinski definition) is 4. The van der Waals surface area contributed by atoms with E-state index in [9.17, 15) is 14.7 Å². The summed E-state index contributed by atoms with van der Waals surface area (Å²) in [5, 5.41) is 18.4. The third-order valence-electron chi connectivity index (χ3n) is 3.53. The number of carboxylic acids is 2. The van der Waals surface area contributed by atoms with Crippen LogP contribution in [-0.2, 0) is 16.1 Å². The van der Waals surface area contributed by atoms with E-state index >= 15 is 0 Å². The maximum atomic E-state index is 11.3. The molecule has 1 aromatic carbocycles. The molecule has 1 heterocycles. The van der Waals surface area contributed by atoms with Gasteiger partial charge in [0.25, 0.3) is 0 Å². The van der Waals surface area contributed by atoms with E-state index in [0.29, 0.717) is 6.54 Å². The molecule has 0 aliphatic carbocycles. The summed E-state index contributed by atoms with van der Waals surface area (Å²) in [6.45, 7) is 0.352. The fraction of sp³-hybridized carbons (Fsp3) is 0.385. The molecule has 0 spiro atoms. The predicted octanol–water partition coefficient (Wildman–Crippen LogP) is 0.890. The van der Waals surface area contributed by atoms with Gasteiger partial charge in [0.05, 0.1) is 0 Å². The molecule has 0 aromatic heterocycles. The van der Waals surface area contributed by atoms with Gasteiger partial charge in [-0.3, -0.25) is 14.5 Å². The minimum atomic E-state index is -1.51. The van der Waals surface area contributed by atoms with Crippen LogP contribution in [0.2, 0.25) is 0 Å². The monoisotopic (exact) mass is 342 g/mol. The topological polar surface area (TPSA) is 104 Å². The van der Waals surface area contributed by atoms with Crippen LogP contribution in [0.15, 0.2) is 28.7 Å². The van der Waals surface area contributed by atoms with Crippen molar-refractivity contribution in [1.82, 2.24) is 4.90 Å². The lowest BCUT2D eigenvalue weighted by Gasteiger charge is -2.22.